The number of furan rings is 1. The largest absolute Gasteiger partial charge is 0.463 e. The number of thioether (sulfide) groups is 1. The average molecular weight is 350 g/mol. The number of carbonyl (C=O) groups is 1. The van der Waals surface area contributed by atoms with Crippen LogP contribution in [0.2, 0.25) is 5.02 Å². The molecule has 0 saturated heterocycles. The molecule has 0 unspecified atom stereocenters. The zero-order valence-electron chi connectivity index (χ0n) is 12.1. The van der Waals surface area contributed by atoms with E-state index in [-0.39, 0.29) is 5.76 Å². The van der Waals surface area contributed by atoms with Crippen molar-refractivity contribution in [2.45, 2.75) is 10.9 Å². The maximum atomic E-state index is 11.6. The van der Waals surface area contributed by atoms with Crippen molar-refractivity contribution in [1.29, 1.82) is 0 Å². The van der Waals surface area contributed by atoms with E-state index < -0.39 is 5.97 Å². The second-order valence-corrected chi connectivity index (χ2v) is 5.90. The summed E-state index contributed by atoms with van der Waals surface area (Å²) in [6, 6.07) is 9.14. The van der Waals surface area contributed by atoms with Crippen molar-refractivity contribution in [3.05, 3.63) is 59.3 Å². The maximum absolute atomic E-state index is 11.6. The van der Waals surface area contributed by atoms with Crippen LogP contribution in [0.15, 0.2) is 52.5 Å². The Labute approximate surface area is 141 Å². The minimum atomic E-state index is -0.498. The third-order valence-electron chi connectivity index (χ3n) is 3.08. The molecule has 3 aromatic rings. The van der Waals surface area contributed by atoms with Crippen molar-refractivity contribution in [2.75, 3.05) is 7.11 Å². The lowest BCUT2D eigenvalue weighted by atomic mass is 10.3. The highest BCUT2D eigenvalue weighted by Crippen LogP contribution is 2.26. The maximum Gasteiger partial charge on any atom is 0.374 e. The van der Waals surface area contributed by atoms with Gasteiger partial charge in [0.15, 0.2) is 5.16 Å². The monoisotopic (exact) mass is 349 g/mol. The van der Waals surface area contributed by atoms with Crippen LogP contribution in [0.4, 0.5) is 0 Å². The summed E-state index contributed by atoms with van der Waals surface area (Å²) in [6.07, 6.45) is 3.08. The van der Waals surface area contributed by atoms with Gasteiger partial charge in [0.25, 0.3) is 0 Å². The fourth-order valence-corrected chi connectivity index (χ4v) is 3.08. The minimum absolute atomic E-state index is 0.203. The molecule has 0 aliphatic heterocycles. The van der Waals surface area contributed by atoms with Crippen LogP contribution in [0, 0.1) is 0 Å². The quantitative estimate of drug-likeness (QED) is 0.518. The zero-order valence-corrected chi connectivity index (χ0v) is 13.7. The molecule has 2 aromatic heterocycles. The van der Waals surface area contributed by atoms with Gasteiger partial charge in [-0.25, -0.2) is 4.79 Å². The van der Waals surface area contributed by atoms with Crippen molar-refractivity contribution in [3.63, 3.8) is 0 Å². The number of carbonyl (C=O) groups excluding carboxylic acids is 1. The molecule has 0 radical (unpaired) electrons. The van der Waals surface area contributed by atoms with Gasteiger partial charge in [0.1, 0.15) is 6.33 Å². The van der Waals surface area contributed by atoms with E-state index in [4.69, 9.17) is 16.0 Å². The number of methoxy groups -OCH3 is 1. The van der Waals surface area contributed by atoms with Gasteiger partial charge >= 0.3 is 5.97 Å². The Morgan fingerprint density at radius 3 is 3.09 bits per heavy atom. The summed E-state index contributed by atoms with van der Waals surface area (Å²) in [7, 11) is 1.32. The van der Waals surface area contributed by atoms with Gasteiger partial charge in [-0.2, -0.15) is 0 Å². The van der Waals surface area contributed by atoms with Crippen LogP contribution in [0.3, 0.4) is 0 Å². The summed E-state index contributed by atoms with van der Waals surface area (Å²) in [6.45, 7) is 0. The molecule has 0 bridgehead atoms. The van der Waals surface area contributed by atoms with Gasteiger partial charge in [0.05, 0.1) is 19.1 Å². The molecule has 8 heteroatoms. The molecule has 0 N–H and O–H groups in total. The molecule has 0 saturated carbocycles. The van der Waals surface area contributed by atoms with Crippen LogP contribution < -0.4 is 0 Å². The van der Waals surface area contributed by atoms with Gasteiger partial charge in [-0.05, 0) is 24.3 Å². The Morgan fingerprint density at radius 2 is 2.30 bits per heavy atom. The SMILES string of the molecule is COC(=O)c1occc1CSc1nncn1-c1cccc(Cl)c1. The number of aromatic nitrogens is 3. The lowest BCUT2D eigenvalue weighted by Crippen LogP contribution is -2.02. The summed E-state index contributed by atoms with van der Waals surface area (Å²) < 4.78 is 11.7. The molecule has 2 heterocycles. The molecule has 0 fully saturated rings. The normalized spacial score (nSPS) is 10.7. The summed E-state index contributed by atoms with van der Waals surface area (Å²) in [5.74, 6) is 0.205. The first-order chi connectivity index (χ1) is 11.2. The van der Waals surface area contributed by atoms with Gasteiger partial charge < -0.3 is 9.15 Å². The third-order valence-corrected chi connectivity index (χ3v) is 4.30. The van der Waals surface area contributed by atoms with Crippen LogP contribution in [0.25, 0.3) is 5.69 Å². The second-order valence-electron chi connectivity index (χ2n) is 4.52. The third kappa shape index (κ3) is 3.40. The predicted molar refractivity (Wildman–Crippen MR) is 86.0 cm³/mol. The molecular formula is C15H12ClN3O3S. The predicted octanol–water partition coefficient (Wildman–Crippen LogP) is 3.59. The number of rotatable bonds is 5. The summed E-state index contributed by atoms with van der Waals surface area (Å²) in [4.78, 5) is 11.6. The van der Waals surface area contributed by atoms with Gasteiger partial charge in [0.2, 0.25) is 5.76 Å². The van der Waals surface area contributed by atoms with Gasteiger partial charge in [0, 0.05) is 16.3 Å². The highest BCUT2D eigenvalue weighted by molar-refractivity contribution is 7.98. The molecule has 0 aliphatic carbocycles. The average Bonchev–Trinajstić information content (AvgIpc) is 3.21. The number of hydrogen-bond donors (Lipinski definition) is 0. The molecule has 3 rings (SSSR count). The molecule has 0 atom stereocenters. The van der Waals surface area contributed by atoms with Crippen LogP contribution in [0.1, 0.15) is 16.1 Å². The summed E-state index contributed by atoms with van der Waals surface area (Å²) in [5, 5.41) is 9.36. The smallest absolute Gasteiger partial charge is 0.374 e. The first-order valence-corrected chi connectivity index (χ1v) is 7.99. The van der Waals surface area contributed by atoms with Crippen LogP contribution >= 0.6 is 23.4 Å². The van der Waals surface area contributed by atoms with Crippen molar-refractivity contribution in [2.24, 2.45) is 0 Å². The van der Waals surface area contributed by atoms with Crippen molar-refractivity contribution >= 4 is 29.3 Å². The van der Waals surface area contributed by atoms with Gasteiger partial charge in [-0.1, -0.05) is 29.4 Å². The Balaban J connectivity index is 1.79. The fraction of sp³-hybridized carbons (Fsp3) is 0.133. The van der Waals surface area contributed by atoms with Crippen molar-refractivity contribution in [1.82, 2.24) is 14.8 Å². The minimum Gasteiger partial charge on any atom is -0.463 e. The van der Waals surface area contributed by atoms with Crippen molar-refractivity contribution in [3.8, 4) is 5.69 Å². The molecule has 1 aromatic carbocycles. The van der Waals surface area contributed by atoms with Crippen LogP contribution in [-0.4, -0.2) is 27.8 Å². The van der Waals surface area contributed by atoms with E-state index in [1.54, 1.807) is 18.5 Å². The number of esters is 1. The topological polar surface area (TPSA) is 70.2 Å². The Kier molecular flexibility index (Phi) is 4.68. The fourth-order valence-electron chi connectivity index (χ4n) is 1.99. The Bertz CT molecular complexity index is 831. The Hall–Kier alpha value is -2.25. The Morgan fingerprint density at radius 1 is 1.43 bits per heavy atom. The number of benzene rings is 1. The highest BCUT2D eigenvalue weighted by Gasteiger charge is 2.17. The lowest BCUT2D eigenvalue weighted by molar-refractivity contribution is 0.0564. The van der Waals surface area contributed by atoms with E-state index in [1.807, 2.05) is 22.8 Å². The zero-order chi connectivity index (χ0) is 16.2. The first kappa shape index (κ1) is 15.6. The van der Waals surface area contributed by atoms with Crippen LogP contribution in [-0.2, 0) is 10.5 Å². The van der Waals surface area contributed by atoms with Crippen molar-refractivity contribution < 1.29 is 13.9 Å². The van der Waals surface area contributed by atoms with E-state index in [0.29, 0.717) is 15.9 Å². The highest BCUT2D eigenvalue weighted by atomic mass is 35.5. The van der Waals surface area contributed by atoms with E-state index >= 15 is 0 Å². The molecule has 23 heavy (non-hydrogen) atoms. The van der Waals surface area contributed by atoms with Gasteiger partial charge in [-0.3, -0.25) is 4.57 Å². The number of ether oxygens (including phenoxy) is 1. The van der Waals surface area contributed by atoms with Crippen LogP contribution in [0.5, 0.6) is 0 Å². The van der Waals surface area contributed by atoms with E-state index in [2.05, 4.69) is 14.9 Å². The number of halogens is 1. The summed E-state index contributed by atoms with van der Waals surface area (Å²) >= 11 is 7.45. The number of nitrogens with zero attached hydrogens (tertiary/aromatic N) is 3. The van der Waals surface area contributed by atoms with Gasteiger partial charge in [-0.15, -0.1) is 10.2 Å². The number of hydrogen-bond acceptors (Lipinski definition) is 6. The molecule has 0 aliphatic rings. The van der Waals surface area contributed by atoms with E-state index in [0.717, 1.165) is 11.3 Å². The first-order valence-electron chi connectivity index (χ1n) is 6.62. The van der Waals surface area contributed by atoms with E-state index in [1.165, 1.54) is 25.1 Å². The summed E-state index contributed by atoms with van der Waals surface area (Å²) in [5.41, 5.74) is 1.60. The molecule has 6 nitrogen and oxygen atoms in total. The molecule has 0 amide bonds. The van der Waals surface area contributed by atoms with E-state index in [9.17, 15) is 4.79 Å². The standard InChI is InChI=1S/C15H12ClN3O3S/c1-21-14(20)13-10(5-6-22-13)8-23-15-18-17-9-19(15)12-4-2-3-11(16)7-12/h2-7,9H,8H2,1H3. The molecular weight excluding hydrogens is 338 g/mol. The second kappa shape index (κ2) is 6.89. The molecule has 0 spiro atoms. The molecule has 118 valence electrons. The lowest BCUT2D eigenvalue weighted by Gasteiger charge is -2.06.